The number of fused-ring (bicyclic) bond motifs is 1. The van der Waals surface area contributed by atoms with Gasteiger partial charge in [0.15, 0.2) is 16.6 Å². The minimum atomic E-state index is -0.271. The molecule has 0 fully saturated rings. The van der Waals surface area contributed by atoms with E-state index in [4.69, 9.17) is 16.6 Å². The lowest BCUT2D eigenvalue weighted by Crippen LogP contribution is -2.19. The van der Waals surface area contributed by atoms with Crippen molar-refractivity contribution in [2.24, 2.45) is 0 Å². The van der Waals surface area contributed by atoms with Crippen molar-refractivity contribution in [3.05, 3.63) is 53.7 Å². The van der Waals surface area contributed by atoms with Gasteiger partial charge in [-0.25, -0.2) is 9.37 Å². The number of benzene rings is 2. The van der Waals surface area contributed by atoms with Gasteiger partial charge in [0, 0.05) is 18.3 Å². The smallest absolute Gasteiger partial charge is 0.192 e. The second-order valence-corrected chi connectivity index (χ2v) is 5.37. The molecule has 0 unspecified atom stereocenters. The zero-order chi connectivity index (χ0) is 15.7. The number of hydrogen-bond donors (Lipinski definition) is 2. The Labute approximate surface area is 132 Å². The quantitative estimate of drug-likeness (QED) is 0.687. The molecule has 3 aromatic rings. The number of rotatable bonds is 2. The second kappa shape index (κ2) is 5.73. The largest absolute Gasteiger partial charge is 0.441 e. The molecule has 112 valence electrons. The summed E-state index contributed by atoms with van der Waals surface area (Å²) in [6.45, 7) is 3.51. The first-order valence-corrected chi connectivity index (χ1v) is 7.13. The standard InChI is InChI=1S/C16H14FN3OS/c1-9-3-4-11(7-13(9)17)19-16(22)20-12-5-6-15-14(8-12)18-10(2)21-15/h3-8H,1-2H3,(H2,19,20,22). The van der Waals surface area contributed by atoms with Gasteiger partial charge in [-0.1, -0.05) is 6.07 Å². The van der Waals surface area contributed by atoms with Gasteiger partial charge in [0.05, 0.1) is 0 Å². The fraction of sp³-hybridized carbons (Fsp3) is 0.125. The Kier molecular flexibility index (Phi) is 3.77. The minimum Gasteiger partial charge on any atom is -0.441 e. The summed E-state index contributed by atoms with van der Waals surface area (Å²) in [6.07, 6.45) is 0. The molecule has 22 heavy (non-hydrogen) atoms. The van der Waals surface area contributed by atoms with Crippen LogP contribution in [0.5, 0.6) is 0 Å². The van der Waals surface area contributed by atoms with Gasteiger partial charge < -0.3 is 15.1 Å². The normalized spacial score (nSPS) is 10.7. The average molecular weight is 315 g/mol. The molecule has 0 amide bonds. The van der Waals surface area contributed by atoms with E-state index in [0.29, 0.717) is 22.3 Å². The van der Waals surface area contributed by atoms with E-state index < -0.39 is 0 Å². The SMILES string of the molecule is Cc1nc2cc(NC(=S)Nc3ccc(C)c(F)c3)ccc2o1. The molecule has 2 aromatic carbocycles. The lowest BCUT2D eigenvalue weighted by atomic mass is 10.2. The van der Waals surface area contributed by atoms with Crippen LogP contribution in [-0.4, -0.2) is 10.1 Å². The maximum absolute atomic E-state index is 13.5. The highest BCUT2D eigenvalue weighted by Gasteiger charge is 2.05. The molecule has 0 aliphatic heterocycles. The molecule has 3 rings (SSSR count). The Balaban J connectivity index is 1.73. The van der Waals surface area contributed by atoms with Crippen LogP contribution in [0.1, 0.15) is 11.5 Å². The summed E-state index contributed by atoms with van der Waals surface area (Å²) >= 11 is 5.23. The van der Waals surface area contributed by atoms with E-state index in [0.717, 1.165) is 16.8 Å². The van der Waals surface area contributed by atoms with Gasteiger partial charge in [0.1, 0.15) is 11.3 Å². The van der Waals surface area contributed by atoms with Gasteiger partial charge in [-0.15, -0.1) is 0 Å². The Morgan fingerprint density at radius 1 is 1.09 bits per heavy atom. The summed E-state index contributed by atoms with van der Waals surface area (Å²) in [7, 11) is 0. The molecule has 4 nitrogen and oxygen atoms in total. The van der Waals surface area contributed by atoms with Gasteiger partial charge in [-0.05, 0) is 55.0 Å². The maximum atomic E-state index is 13.5. The number of aromatic nitrogens is 1. The molecular weight excluding hydrogens is 301 g/mol. The van der Waals surface area contributed by atoms with Crippen molar-refractivity contribution in [3.63, 3.8) is 0 Å². The van der Waals surface area contributed by atoms with E-state index in [9.17, 15) is 4.39 Å². The van der Waals surface area contributed by atoms with Crippen LogP contribution >= 0.6 is 12.2 Å². The van der Waals surface area contributed by atoms with Crippen molar-refractivity contribution < 1.29 is 8.81 Å². The predicted molar refractivity (Wildman–Crippen MR) is 89.7 cm³/mol. The molecule has 0 aliphatic rings. The summed E-state index contributed by atoms with van der Waals surface area (Å²) < 4.78 is 18.9. The number of nitrogens with one attached hydrogen (secondary N) is 2. The topological polar surface area (TPSA) is 50.1 Å². The van der Waals surface area contributed by atoms with Crippen molar-refractivity contribution in [2.45, 2.75) is 13.8 Å². The fourth-order valence-corrected chi connectivity index (χ4v) is 2.32. The van der Waals surface area contributed by atoms with E-state index in [1.807, 2.05) is 18.2 Å². The van der Waals surface area contributed by atoms with Gasteiger partial charge in [0.25, 0.3) is 0 Å². The highest BCUT2D eigenvalue weighted by Crippen LogP contribution is 2.20. The second-order valence-electron chi connectivity index (χ2n) is 4.96. The van der Waals surface area contributed by atoms with Crippen molar-refractivity contribution in [2.75, 3.05) is 10.6 Å². The van der Waals surface area contributed by atoms with E-state index in [-0.39, 0.29) is 5.82 Å². The van der Waals surface area contributed by atoms with Crippen molar-refractivity contribution in [3.8, 4) is 0 Å². The molecule has 6 heteroatoms. The lowest BCUT2D eigenvalue weighted by Gasteiger charge is -2.11. The molecule has 1 aromatic heterocycles. The first-order valence-electron chi connectivity index (χ1n) is 6.72. The molecule has 0 atom stereocenters. The zero-order valence-electron chi connectivity index (χ0n) is 12.1. The monoisotopic (exact) mass is 315 g/mol. The van der Waals surface area contributed by atoms with Crippen LogP contribution < -0.4 is 10.6 Å². The average Bonchev–Trinajstić information content (AvgIpc) is 2.82. The first-order chi connectivity index (χ1) is 10.5. The third-order valence-corrected chi connectivity index (χ3v) is 3.39. The minimum absolute atomic E-state index is 0.271. The zero-order valence-corrected chi connectivity index (χ0v) is 12.9. The molecule has 0 bridgehead atoms. The first kappa shape index (κ1) is 14.5. The van der Waals surface area contributed by atoms with Crippen molar-refractivity contribution in [1.29, 1.82) is 0 Å². The molecule has 0 spiro atoms. The van der Waals surface area contributed by atoms with Crippen LogP contribution in [0.25, 0.3) is 11.1 Å². The number of oxazole rings is 1. The van der Waals surface area contributed by atoms with Gasteiger partial charge in [-0.3, -0.25) is 0 Å². The van der Waals surface area contributed by atoms with Crippen LogP contribution in [0.2, 0.25) is 0 Å². The van der Waals surface area contributed by atoms with Crippen molar-refractivity contribution in [1.82, 2.24) is 4.98 Å². The Hall–Kier alpha value is -2.47. The molecule has 1 heterocycles. The summed E-state index contributed by atoms with van der Waals surface area (Å²) in [5.41, 5.74) is 3.45. The van der Waals surface area contributed by atoms with Crippen LogP contribution in [0.4, 0.5) is 15.8 Å². The van der Waals surface area contributed by atoms with E-state index in [2.05, 4.69) is 15.6 Å². The molecule has 0 saturated carbocycles. The molecule has 0 saturated heterocycles. The molecule has 0 radical (unpaired) electrons. The molecular formula is C16H14FN3OS. The number of thiocarbonyl (C=S) groups is 1. The third-order valence-electron chi connectivity index (χ3n) is 3.18. The van der Waals surface area contributed by atoms with Crippen LogP contribution in [0, 0.1) is 19.7 Å². The third kappa shape index (κ3) is 3.07. The van der Waals surface area contributed by atoms with Crippen LogP contribution in [-0.2, 0) is 0 Å². The summed E-state index contributed by atoms with van der Waals surface area (Å²) in [5, 5.41) is 6.37. The Bertz CT molecular complexity index is 860. The van der Waals surface area contributed by atoms with E-state index >= 15 is 0 Å². The number of halogens is 1. The number of anilines is 2. The van der Waals surface area contributed by atoms with E-state index in [1.54, 1.807) is 26.0 Å². The Morgan fingerprint density at radius 3 is 2.50 bits per heavy atom. The van der Waals surface area contributed by atoms with Gasteiger partial charge in [0.2, 0.25) is 0 Å². The summed E-state index contributed by atoms with van der Waals surface area (Å²) in [5.74, 6) is 0.343. The molecule has 0 aliphatic carbocycles. The van der Waals surface area contributed by atoms with Crippen LogP contribution in [0.3, 0.4) is 0 Å². The Morgan fingerprint density at radius 2 is 1.77 bits per heavy atom. The van der Waals surface area contributed by atoms with Crippen molar-refractivity contribution >= 4 is 39.8 Å². The summed E-state index contributed by atoms with van der Waals surface area (Å²) in [4.78, 5) is 4.27. The predicted octanol–water partition coefficient (Wildman–Crippen LogP) is 4.39. The number of aryl methyl sites for hydroxylation is 2. The highest BCUT2D eigenvalue weighted by molar-refractivity contribution is 7.80. The maximum Gasteiger partial charge on any atom is 0.192 e. The van der Waals surface area contributed by atoms with Crippen LogP contribution in [0.15, 0.2) is 40.8 Å². The number of hydrogen-bond acceptors (Lipinski definition) is 3. The number of nitrogens with zero attached hydrogens (tertiary/aromatic N) is 1. The molecule has 2 N–H and O–H groups in total. The van der Waals surface area contributed by atoms with Gasteiger partial charge in [-0.2, -0.15) is 0 Å². The fourth-order valence-electron chi connectivity index (χ4n) is 2.08. The summed E-state index contributed by atoms with van der Waals surface area (Å²) in [6, 6.07) is 10.4. The lowest BCUT2D eigenvalue weighted by molar-refractivity contribution is 0.561. The van der Waals surface area contributed by atoms with Gasteiger partial charge >= 0.3 is 0 Å². The van der Waals surface area contributed by atoms with E-state index in [1.165, 1.54) is 6.07 Å². The highest BCUT2D eigenvalue weighted by atomic mass is 32.1.